The Hall–Kier alpha value is -3.80. The lowest BCUT2D eigenvalue weighted by atomic mass is 9.89. The van der Waals surface area contributed by atoms with Gasteiger partial charge >= 0.3 is 12.2 Å². The smallest absolute Gasteiger partial charge is 0.352 e. The molecule has 2 aliphatic heterocycles. The van der Waals surface area contributed by atoms with E-state index in [4.69, 9.17) is 5.26 Å². The number of anilines is 1. The molecule has 9 heteroatoms. The predicted molar refractivity (Wildman–Crippen MR) is 106 cm³/mol. The lowest BCUT2D eigenvalue weighted by Gasteiger charge is -2.43. The third kappa shape index (κ3) is 3.50. The lowest BCUT2D eigenvalue weighted by molar-refractivity contribution is -0.137. The summed E-state index contributed by atoms with van der Waals surface area (Å²) < 4.78 is 39.7. The number of alkyl halides is 3. The molecule has 2 aliphatic rings. The molecule has 3 amide bonds. The maximum Gasteiger partial charge on any atom is 0.416 e. The number of urea groups is 1. The molecule has 6 nitrogen and oxygen atoms in total. The van der Waals surface area contributed by atoms with Gasteiger partial charge in [0, 0.05) is 25.7 Å². The van der Waals surface area contributed by atoms with Crippen molar-refractivity contribution in [3.63, 3.8) is 0 Å². The molecule has 0 spiro atoms. The molecule has 0 radical (unpaired) electrons. The van der Waals surface area contributed by atoms with E-state index in [1.165, 1.54) is 29.0 Å². The van der Waals surface area contributed by atoms with Crippen LogP contribution in [-0.4, -0.2) is 30.4 Å². The summed E-state index contributed by atoms with van der Waals surface area (Å²) >= 11 is 0. The van der Waals surface area contributed by atoms with Crippen molar-refractivity contribution >= 4 is 17.6 Å². The Morgan fingerprint density at radius 2 is 1.84 bits per heavy atom. The van der Waals surface area contributed by atoms with Gasteiger partial charge in [0.25, 0.3) is 5.91 Å². The number of benzene rings is 2. The van der Waals surface area contributed by atoms with Gasteiger partial charge in [-0.05, 0) is 35.9 Å². The summed E-state index contributed by atoms with van der Waals surface area (Å²) in [7, 11) is 1.50. The molecule has 31 heavy (non-hydrogen) atoms. The van der Waals surface area contributed by atoms with Gasteiger partial charge in [-0.25, -0.2) is 4.79 Å². The van der Waals surface area contributed by atoms with Gasteiger partial charge in [-0.15, -0.1) is 0 Å². The maximum atomic E-state index is 13.3. The summed E-state index contributed by atoms with van der Waals surface area (Å²) in [5.41, 5.74) is 0.907. The number of nitrogens with zero attached hydrogens (tertiary/aromatic N) is 3. The number of nitrogens with one attached hydrogen (secondary N) is 1. The lowest BCUT2D eigenvalue weighted by Crippen LogP contribution is -2.53. The van der Waals surface area contributed by atoms with E-state index in [0.29, 0.717) is 28.8 Å². The van der Waals surface area contributed by atoms with Gasteiger partial charge in [-0.3, -0.25) is 9.69 Å². The van der Waals surface area contributed by atoms with Gasteiger partial charge in [-0.2, -0.15) is 18.4 Å². The number of hydrogen-bond donors (Lipinski definition) is 1. The van der Waals surface area contributed by atoms with Crippen LogP contribution in [0.4, 0.5) is 23.7 Å². The summed E-state index contributed by atoms with van der Waals surface area (Å²) in [5.74, 6) is -0.382. The fraction of sp³-hybridized carbons (Fsp3) is 0.227. The molecule has 4 rings (SSSR count). The minimum absolute atomic E-state index is 0.0483. The number of hydrogen-bond acceptors (Lipinski definition) is 3. The van der Waals surface area contributed by atoms with Crippen molar-refractivity contribution in [3.05, 3.63) is 76.5 Å². The molecule has 2 aromatic carbocycles. The van der Waals surface area contributed by atoms with Crippen LogP contribution in [0.15, 0.2) is 59.8 Å². The largest absolute Gasteiger partial charge is 0.416 e. The van der Waals surface area contributed by atoms with Crippen LogP contribution in [0.5, 0.6) is 0 Å². The third-order valence-corrected chi connectivity index (χ3v) is 5.41. The molecule has 1 N–H and O–H groups in total. The number of halogens is 3. The highest BCUT2D eigenvalue weighted by Crippen LogP contribution is 2.42. The van der Waals surface area contributed by atoms with Gasteiger partial charge in [0.15, 0.2) is 0 Å². The van der Waals surface area contributed by atoms with Gasteiger partial charge in [0.1, 0.15) is 0 Å². The third-order valence-electron chi connectivity index (χ3n) is 5.41. The fourth-order valence-electron chi connectivity index (χ4n) is 3.96. The first-order valence-corrected chi connectivity index (χ1v) is 9.48. The Morgan fingerprint density at radius 3 is 2.48 bits per heavy atom. The van der Waals surface area contributed by atoms with Crippen LogP contribution in [0.25, 0.3) is 0 Å². The summed E-state index contributed by atoms with van der Waals surface area (Å²) in [4.78, 5) is 28.6. The Balaban J connectivity index is 1.88. The SMILES string of the molecule is CN1C(=O)N(c2cccc(C(F)(F)F)c2)C2=C(C(=O)NCC2)C1c1ccc(C#N)cc1. The predicted octanol–water partition coefficient (Wildman–Crippen LogP) is 3.96. The Morgan fingerprint density at radius 1 is 1.13 bits per heavy atom. The van der Waals surface area contributed by atoms with Crippen LogP contribution in [0.3, 0.4) is 0 Å². The van der Waals surface area contributed by atoms with Gasteiger partial charge in [0.2, 0.25) is 0 Å². The van der Waals surface area contributed by atoms with Crippen molar-refractivity contribution in [2.75, 3.05) is 18.5 Å². The number of carbonyl (C=O) groups is 2. The van der Waals surface area contributed by atoms with Crippen molar-refractivity contribution in [1.29, 1.82) is 5.26 Å². The van der Waals surface area contributed by atoms with Crippen LogP contribution < -0.4 is 10.2 Å². The van der Waals surface area contributed by atoms with E-state index in [1.807, 2.05) is 6.07 Å². The van der Waals surface area contributed by atoms with Crippen LogP contribution in [-0.2, 0) is 11.0 Å². The molecular formula is C22H17F3N4O2. The van der Waals surface area contributed by atoms with E-state index in [0.717, 1.165) is 12.1 Å². The summed E-state index contributed by atoms with van der Waals surface area (Å²) in [6.07, 6.45) is -4.27. The number of amides is 3. The Labute approximate surface area is 176 Å². The number of carbonyl (C=O) groups excluding carboxylic acids is 2. The van der Waals surface area contributed by atoms with Gasteiger partial charge in [-0.1, -0.05) is 18.2 Å². The Bertz CT molecular complexity index is 1130. The van der Waals surface area contributed by atoms with Crippen LogP contribution in [0.2, 0.25) is 0 Å². The summed E-state index contributed by atoms with van der Waals surface area (Å²) in [6, 6.07) is 11.8. The molecule has 0 fully saturated rings. The molecular weight excluding hydrogens is 409 g/mol. The molecule has 0 bridgehead atoms. The molecule has 0 saturated heterocycles. The second-order valence-electron chi connectivity index (χ2n) is 7.28. The maximum absolute atomic E-state index is 13.3. The quantitative estimate of drug-likeness (QED) is 0.790. The van der Waals surface area contributed by atoms with Crippen molar-refractivity contribution in [2.24, 2.45) is 0 Å². The highest BCUT2D eigenvalue weighted by Gasteiger charge is 2.43. The van der Waals surface area contributed by atoms with E-state index in [9.17, 15) is 22.8 Å². The second-order valence-corrected chi connectivity index (χ2v) is 7.28. The standard InChI is InChI=1S/C22H17F3N4O2/c1-28-19(14-7-5-13(12-26)6-8-14)18-17(9-10-27-20(18)30)29(21(28)31)16-4-2-3-15(11-16)22(23,24)25/h2-8,11,19H,9-10H2,1H3,(H,27,30). The monoisotopic (exact) mass is 426 g/mol. The summed E-state index contributed by atoms with van der Waals surface area (Å²) in [6.45, 7) is 0.268. The minimum atomic E-state index is -4.56. The molecule has 158 valence electrons. The molecule has 0 saturated carbocycles. The minimum Gasteiger partial charge on any atom is -0.352 e. The van der Waals surface area contributed by atoms with E-state index in [-0.39, 0.29) is 18.1 Å². The van der Waals surface area contributed by atoms with Crippen molar-refractivity contribution in [3.8, 4) is 6.07 Å². The number of nitriles is 1. The van der Waals surface area contributed by atoms with E-state index in [1.54, 1.807) is 24.3 Å². The van der Waals surface area contributed by atoms with Gasteiger partial charge in [0.05, 0.1) is 34.5 Å². The molecule has 2 aromatic rings. The first-order valence-electron chi connectivity index (χ1n) is 9.48. The molecule has 1 unspecified atom stereocenters. The fourth-order valence-corrected chi connectivity index (χ4v) is 3.96. The van der Waals surface area contributed by atoms with Crippen molar-refractivity contribution in [1.82, 2.24) is 10.2 Å². The van der Waals surface area contributed by atoms with Crippen molar-refractivity contribution < 1.29 is 22.8 Å². The zero-order valence-corrected chi connectivity index (χ0v) is 16.4. The highest BCUT2D eigenvalue weighted by atomic mass is 19.4. The first-order chi connectivity index (χ1) is 14.7. The molecule has 0 aromatic heterocycles. The second kappa shape index (κ2) is 7.47. The zero-order chi connectivity index (χ0) is 22.3. The van der Waals surface area contributed by atoms with Crippen LogP contribution in [0, 0.1) is 11.3 Å². The highest BCUT2D eigenvalue weighted by molar-refractivity contribution is 6.05. The van der Waals surface area contributed by atoms with E-state index in [2.05, 4.69) is 5.32 Å². The zero-order valence-electron chi connectivity index (χ0n) is 16.4. The average molecular weight is 426 g/mol. The molecule has 2 heterocycles. The average Bonchev–Trinajstić information content (AvgIpc) is 2.75. The van der Waals surface area contributed by atoms with E-state index < -0.39 is 23.8 Å². The molecule has 0 aliphatic carbocycles. The van der Waals surface area contributed by atoms with Crippen LogP contribution in [0.1, 0.15) is 29.2 Å². The normalized spacial score (nSPS) is 19.1. The van der Waals surface area contributed by atoms with Gasteiger partial charge < -0.3 is 10.2 Å². The van der Waals surface area contributed by atoms with Crippen molar-refractivity contribution in [2.45, 2.75) is 18.6 Å². The number of rotatable bonds is 2. The molecule has 1 atom stereocenters. The van der Waals surface area contributed by atoms with E-state index >= 15 is 0 Å². The number of likely N-dealkylation sites (N-methyl/N-ethyl adjacent to an activating group) is 1. The summed E-state index contributed by atoms with van der Waals surface area (Å²) in [5, 5.41) is 11.8. The topological polar surface area (TPSA) is 76.4 Å². The van der Waals surface area contributed by atoms with Crippen LogP contribution >= 0.6 is 0 Å². The first kappa shape index (κ1) is 20.5. The Kier molecular flexibility index (Phi) is 4.93.